The lowest BCUT2D eigenvalue weighted by Crippen LogP contribution is -2.37. The summed E-state index contributed by atoms with van der Waals surface area (Å²) in [7, 11) is 5.78. The summed E-state index contributed by atoms with van der Waals surface area (Å²) in [6.45, 7) is 4.25. The molecule has 0 aliphatic rings. The maximum atomic E-state index is 14.0. The van der Waals surface area contributed by atoms with Gasteiger partial charge in [-0.05, 0) is 43.3 Å². The molecule has 0 saturated heterocycles. The molecule has 1 amide bonds. The van der Waals surface area contributed by atoms with Crippen LogP contribution in [0.25, 0.3) is 10.9 Å². The summed E-state index contributed by atoms with van der Waals surface area (Å²) in [6.07, 6.45) is 3.39. The summed E-state index contributed by atoms with van der Waals surface area (Å²) >= 11 is 0. The predicted molar refractivity (Wildman–Crippen MR) is 148 cm³/mol. The zero-order valence-electron chi connectivity index (χ0n) is 21.8. The Morgan fingerprint density at radius 1 is 0.917 bits per heavy atom. The molecule has 1 heterocycles. The van der Waals surface area contributed by atoms with E-state index in [0.717, 1.165) is 40.9 Å². The van der Waals surface area contributed by atoms with E-state index in [-0.39, 0.29) is 11.8 Å². The van der Waals surface area contributed by atoms with Gasteiger partial charge >= 0.3 is 0 Å². The molecular weight excluding hydrogens is 446 g/mol. The van der Waals surface area contributed by atoms with E-state index in [4.69, 9.17) is 4.74 Å². The number of hydrogen-bond donors (Lipinski definition) is 1. The van der Waals surface area contributed by atoms with Crippen molar-refractivity contribution < 1.29 is 9.53 Å². The predicted octanol–water partition coefficient (Wildman–Crippen LogP) is 5.85. The van der Waals surface area contributed by atoms with E-state index >= 15 is 0 Å². The van der Waals surface area contributed by atoms with Gasteiger partial charge in [0, 0.05) is 54.6 Å². The monoisotopic (exact) mass is 483 g/mol. The van der Waals surface area contributed by atoms with Gasteiger partial charge in [0.25, 0.3) is 0 Å². The minimum absolute atomic E-state index is 0.132. The number of H-pyrrole nitrogens is 1. The quantitative estimate of drug-likeness (QED) is 0.291. The van der Waals surface area contributed by atoms with E-state index in [0.29, 0.717) is 19.5 Å². The molecule has 0 bridgehead atoms. The van der Waals surface area contributed by atoms with Crippen LogP contribution in [-0.4, -0.2) is 55.0 Å². The van der Waals surface area contributed by atoms with Crippen molar-refractivity contribution in [2.75, 3.05) is 34.3 Å². The Labute approximate surface area is 214 Å². The Morgan fingerprint density at radius 3 is 2.39 bits per heavy atom. The Bertz CT molecular complexity index is 1280. The van der Waals surface area contributed by atoms with E-state index in [1.165, 1.54) is 10.9 Å². The third kappa shape index (κ3) is 5.80. The van der Waals surface area contributed by atoms with Crippen LogP contribution in [0.2, 0.25) is 0 Å². The summed E-state index contributed by atoms with van der Waals surface area (Å²) in [6, 6.07) is 24.7. The fourth-order valence-electron chi connectivity index (χ4n) is 4.88. The second-order valence-corrected chi connectivity index (χ2v) is 9.54. The highest BCUT2D eigenvalue weighted by Crippen LogP contribution is 2.39. The molecule has 1 atom stereocenters. The van der Waals surface area contributed by atoms with Crippen LogP contribution in [0.4, 0.5) is 0 Å². The van der Waals surface area contributed by atoms with Gasteiger partial charge in [0.15, 0.2) is 0 Å². The SMILES string of the molecule is CCc1cccc2c([C@H](CC(=O)N(CCN(C)C)Cc3ccccc3)c3ccccc3OC)c[nH]c12. The average Bonchev–Trinajstić information content (AvgIpc) is 3.34. The first kappa shape index (κ1) is 25.5. The molecule has 0 aliphatic heterocycles. The minimum atomic E-state index is -0.132. The third-order valence-electron chi connectivity index (χ3n) is 6.87. The number of benzene rings is 3. The minimum Gasteiger partial charge on any atom is -0.496 e. The van der Waals surface area contributed by atoms with Crippen LogP contribution in [-0.2, 0) is 17.8 Å². The van der Waals surface area contributed by atoms with Crippen molar-refractivity contribution >= 4 is 16.8 Å². The highest BCUT2D eigenvalue weighted by molar-refractivity contribution is 5.88. The van der Waals surface area contributed by atoms with Crippen molar-refractivity contribution in [1.82, 2.24) is 14.8 Å². The molecule has 0 radical (unpaired) electrons. The second kappa shape index (κ2) is 11.9. The van der Waals surface area contributed by atoms with Crippen LogP contribution in [0.15, 0.2) is 79.0 Å². The molecule has 5 heteroatoms. The van der Waals surface area contributed by atoms with Gasteiger partial charge in [-0.1, -0.05) is 73.7 Å². The third-order valence-corrected chi connectivity index (χ3v) is 6.87. The van der Waals surface area contributed by atoms with Gasteiger partial charge in [-0.15, -0.1) is 0 Å². The standard InChI is InChI=1S/C31H37N3O2/c1-5-24-14-11-16-26-28(21-32-31(24)26)27(25-15-9-10-17-29(25)36-4)20-30(35)34(19-18-33(2)3)22-23-12-7-6-8-13-23/h6-17,21,27,32H,5,18-20,22H2,1-4H3/t27-/m1/s1. The van der Waals surface area contributed by atoms with Gasteiger partial charge in [0.2, 0.25) is 5.91 Å². The molecule has 3 aromatic carbocycles. The number of fused-ring (bicyclic) bond motifs is 1. The van der Waals surface area contributed by atoms with Crippen LogP contribution in [0.1, 0.15) is 41.5 Å². The van der Waals surface area contributed by atoms with Crippen molar-refractivity contribution in [1.29, 1.82) is 0 Å². The van der Waals surface area contributed by atoms with Crippen LogP contribution in [0, 0.1) is 0 Å². The molecule has 0 unspecified atom stereocenters. The normalized spacial score (nSPS) is 12.1. The van der Waals surface area contributed by atoms with Gasteiger partial charge in [-0.25, -0.2) is 0 Å². The number of para-hydroxylation sites is 2. The fraction of sp³-hybridized carbons (Fsp3) is 0.323. The highest BCUT2D eigenvalue weighted by Gasteiger charge is 2.27. The number of likely N-dealkylation sites (N-methyl/N-ethyl adjacent to an activating group) is 1. The average molecular weight is 484 g/mol. The number of carbonyl (C=O) groups excluding carboxylic acids is 1. The number of carbonyl (C=O) groups is 1. The lowest BCUT2D eigenvalue weighted by Gasteiger charge is -2.27. The Morgan fingerprint density at radius 2 is 1.67 bits per heavy atom. The number of amides is 1. The van der Waals surface area contributed by atoms with Gasteiger partial charge in [0.05, 0.1) is 7.11 Å². The molecule has 1 N–H and O–H groups in total. The molecule has 1 aromatic heterocycles. The van der Waals surface area contributed by atoms with E-state index < -0.39 is 0 Å². The molecule has 4 aromatic rings. The number of aromatic amines is 1. The maximum absolute atomic E-state index is 14.0. The fourth-order valence-corrected chi connectivity index (χ4v) is 4.88. The Balaban J connectivity index is 1.73. The lowest BCUT2D eigenvalue weighted by atomic mass is 9.86. The first-order chi connectivity index (χ1) is 17.5. The topological polar surface area (TPSA) is 48.6 Å². The van der Waals surface area contributed by atoms with Gasteiger partial charge in [-0.3, -0.25) is 4.79 Å². The van der Waals surface area contributed by atoms with Crippen LogP contribution in [0.5, 0.6) is 5.75 Å². The zero-order valence-corrected chi connectivity index (χ0v) is 21.8. The van der Waals surface area contributed by atoms with Crippen LogP contribution < -0.4 is 4.74 Å². The smallest absolute Gasteiger partial charge is 0.223 e. The summed E-state index contributed by atoms with van der Waals surface area (Å²) in [5.41, 5.74) is 5.73. The molecular formula is C31H37N3O2. The van der Waals surface area contributed by atoms with Crippen molar-refractivity contribution in [3.63, 3.8) is 0 Å². The number of rotatable bonds is 11. The summed E-state index contributed by atoms with van der Waals surface area (Å²) in [4.78, 5) is 21.6. The highest BCUT2D eigenvalue weighted by atomic mass is 16.5. The first-order valence-electron chi connectivity index (χ1n) is 12.7. The molecule has 0 spiro atoms. The largest absolute Gasteiger partial charge is 0.496 e. The molecule has 0 fully saturated rings. The molecule has 188 valence electrons. The molecule has 36 heavy (non-hydrogen) atoms. The number of hydrogen-bond acceptors (Lipinski definition) is 3. The van der Waals surface area contributed by atoms with Crippen LogP contribution in [0.3, 0.4) is 0 Å². The second-order valence-electron chi connectivity index (χ2n) is 9.54. The molecule has 0 saturated carbocycles. The zero-order chi connectivity index (χ0) is 25.5. The number of ether oxygens (including phenoxy) is 1. The van der Waals surface area contributed by atoms with E-state index in [9.17, 15) is 4.79 Å². The molecule has 5 nitrogen and oxygen atoms in total. The van der Waals surface area contributed by atoms with Gasteiger partial charge < -0.3 is 19.5 Å². The van der Waals surface area contributed by atoms with E-state index in [2.05, 4.69) is 59.4 Å². The van der Waals surface area contributed by atoms with Crippen molar-refractivity contribution in [2.24, 2.45) is 0 Å². The first-order valence-corrected chi connectivity index (χ1v) is 12.7. The number of nitrogens with zero attached hydrogens (tertiary/aromatic N) is 2. The van der Waals surface area contributed by atoms with Crippen molar-refractivity contribution in [3.05, 3.63) is 101 Å². The number of methoxy groups -OCH3 is 1. The number of aromatic nitrogens is 1. The molecule has 0 aliphatic carbocycles. The summed E-state index contributed by atoms with van der Waals surface area (Å²) in [5.74, 6) is 0.809. The van der Waals surface area contributed by atoms with E-state index in [1.807, 2.05) is 55.4 Å². The Hall–Kier alpha value is -3.57. The van der Waals surface area contributed by atoms with Gasteiger partial charge in [-0.2, -0.15) is 0 Å². The van der Waals surface area contributed by atoms with Gasteiger partial charge in [0.1, 0.15) is 5.75 Å². The number of aryl methyl sites for hydroxylation is 1. The van der Waals surface area contributed by atoms with E-state index in [1.54, 1.807) is 7.11 Å². The Kier molecular flexibility index (Phi) is 8.44. The van der Waals surface area contributed by atoms with Crippen LogP contribution >= 0.6 is 0 Å². The number of nitrogens with one attached hydrogen (secondary N) is 1. The van der Waals surface area contributed by atoms with Crippen molar-refractivity contribution in [2.45, 2.75) is 32.2 Å². The summed E-state index contributed by atoms with van der Waals surface area (Å²) < 4.78 is 5.76. The van der Waals surface area contributed by atoms with Crippen molar-refractivity contribution in [3.8, 4) is 5.75 Å². The lowest BCUT2D eigenvalue weighted by molar-refractivity contribution is -0.132. The maximum Gasteiger partial charge on any atom is 0.223 e. The molecule has 4 rings (SSSR count). The summed E-state index contributed by atoms with van der Waals surface area (Å²) in [5, 5.41) is 1.17.